The van der Waals surface area contributed by atoms with E-state index in [1.807, 2.05) is 6.07 Å². The van der Waals surface area contributed by atoms with Crippen LogP contribution in [0.2, 0.25) is 0 Å². The molecule has 0 amide bonds. The zero-order valence-electron chi connectivity index (χ0n) is 17.5. The van der Waals surface area contributed by atoms with Gasteiger partial charge in [0.2, 0.25) is 0 Å². The first kappa shape index (κ1) is 21.6. The fourth-order valence-corrected chi connectivity index (χ4v) is 2.82. The Morgan fingerprint density at radius 1 is 0.710 bits per heavy atom. The van der Waals surface area contributed by atoms with E-state index in [1.54, 1.807) is 81.0 Å². The summed E-state index contributed by atoms with van der Waals surface area (Å²) in [7, 11) is 4.66. The third-order valence-corrected chi connectivity index (χ3v) is 4.51. The Kier molecular flexibility index (Phi) is 7.06. The number of esters is 1. The Bertz CT molecular complexity index is 1100. The summed E-state index contributed by atoms with van der Waals surface area (Å²) in [5.41, 5.74) is 1.58. The standard InChI is InChI=1S/C25H22O6/c1-28-21-6-4-5-19(15-21)25(27)31-20-11-7-17(8-12-20)23(26)14-10-18-9-13-22(29-2)16-24(18)30-3/h4-16H,1-3H3/b14-10+. The van der Waals surface area contributed by atoms with Gasteiger partial charge >= 0.3 is 5.97 Å². The summed E-state index contributed by atoms with van der Waals surface area (Å²) < 4.78 is 21.0. The lowest BCUT2D eigenvalue weighted by molar-refractivity contribution is 0.0734. The molecule has 3 rings (SSSR count). The minimum atomic E-state index is -0.510. The van der Waals surface area contributed by atoms with Gasteiger partial charge in [-0.05, 0) is 66.7 Å². The molecule has 0 aliphatic heterocycles. The summed E-state index contributed by atoms with van der Waals surface area (Å²) >= 11 is 0. The minimum absolute atomic E-state index is 0.191. The highest BCUT2D eigenvalue weighted by molar-refractivity contribution is 6.07. The van der Waals surface area contributed by atoms with Crippen molar-refractivity contribution < 1.29 is 28.5 Å². The Labute approximate surface area is 180 Å². The molecule has 0 aromatic heterocycles. The van der Waals surface area contributed by atoms with Crippen molar-refractivity contribution in [2.24, 2.45) is 0 Å². The Balaban J connectivity index is 1.67. The molecule has 6 heteroatoms. The largest absolute Gasteiger partial charge is 0.497 e. The van der Waals surface area contributed by atoms with Gasteiger partial charge < -0.3 is 18.9 Å². The number of rotatable bonds is 8. The van der Waals surface area contributed by atoms with E-state index < -0.39 is 5.97 Å². The van der Waals surface area contributed by atoms with Crippen LogP contribution in [0, 0.1) is 0 Å². The summed E-state index contributed by atoms with van der Waals surface area (Å²) in [5, 5.41) is 0. The summed E-state index contributed by atoms with van der Waals surface area (Å²) in [6, 6.07) is 18.4. The lowest BCUT2D eigenvalue weighted by Crippen LogP contribution is -2.08. The van der Waals surface area contributed by atoms with Crippen molar-refractivity contribution in [1.29, 1.82) is 0 Å². The molecule has 3 aromatic carbocycles. The number of ketones is 1. The molecule has 31 heavy (non-hydrogen) atoms. The zero-order valence-corrected chi connectivity index (χ0v) is 17.5. The number of benzene rings is 3. The highest BCUT2D eigenvalue weighted by Crippen LogP contribution is 2.26. The van der Waals surface area contributed by atoms with E-state index >= 15 is 0 Å². The van der Waals surface area contributed by atoms with Gasteiger partial charge in [-0.25, -0.2) is 4.79 Å². The normalized spacial score (nSPS) is 10.5. The molecule has 0 bridgehead atoms. The molecule has 0 spiro atoms. The van der Waals surface area contributed by atoms with Crippen molar-refractivity contribution in [1.82, 2.24) is 0 Å². The van der Waals surface area contributed by atoms with Crippen LogP contribution in [0.4, 0.5) is 0 Å². The minimum Gasteiger partial charge on any atom is -0.497 e. The van der Waals surface area contributed by atoms with Crippen LogP contribution >= 0.6 is 0 Å². The van der Waals surface area contributed by atoms with E-state index in [9.17, 15) is 9.59 Å². The number of allylic oxidation sites excluding steroid dienone is 1. The van der Waals surface area contributed by atoms with Crippen molar-refractivity contribution in [2.45, 2.75) is 0 Å². The van der Waals surface area contributed by atoms with Gasteiger partial charge in [-0.15, -0.1) is 0 Å². The first-order valence-electron chi connectivity index (χ1n) is 9.45. The molecule has 158 valence electrons. The van der Waals surface area contributed by atoms with Crippen molar-refractivity contribution in [3.05, 3.63) is 89.5 Å². The number of ether oxygens (including phenoxy) is 4. The first-order valence-corrected chi connectivity index (χ1v) is 9.45. The van der Waals surface area contributed by atoms with Crippen LogP contribution in [0.1, 0.15) is 26.3 Å². The SMILES string of the molecule is COc1cccc(C(=O)Oc2ccc(C(=O)/C=C/c3ccc(OC)cc3OC)cc2)c1. The summed E-state index contributed by atoms with van der Waals surface area (Å²) in [5.74, 6) is 1.47. The maximum Gasteiger partial charge on any atom is 0.343 e. The lowest BCUT2D eigenvalue weighted by Gasteiger charge is -2.07. The highest BCUT2D eigenvalue weighted by Gasteiger charge is 2.11. The summed E-state index contributed by atoms with van der Waals surface area (Å²) in [4.78, 5) is 24.8. The second kappa shape index (κ2) is 10.1. The molecular formula is C25H22O6. The maximum atomic E-state index is 12.5. The molecule has 0 unspecified atom stereocenters. The molecule has 0 fully saturated rings. The number of hydrogen-bond acceptors (Lipinski definition) is 6. The number of methoxy groups -OCH3 is 3. The van der Waals surface area contributed by atoms with E-state index in [-0.39, 0.29) is 5.78 Å². The molecule has 0 heterocycles. The molecule has 0 saturated carbocycles. The molecule has 3 aromatic rings. The predicted molar refractivity (Wildman–Crippen MR) is 117 cm³/mol. The fourth-order valence-electron chi connectivity index (χ4n) is 2.82. The third kappa shape index (κ3) is 5.51. The molecule has 6 nitrogen and oxygen atoms in total. The van der Waals surface area contributed by atoms with Gasteiger partial charge in [-0.1, -0.05) is 6.07 Å². The quantitative estimate of drug-likeness (QED) is 0.226. The highest BCUT2D eigenvalue weighted by atomic mass is 16.5. The third-order valence-electron chi connectivity index (χ3n) is 4.51. The van der Waals surface area contributed by atoms with Crippen LogP contribution in [0.15, 0.2) is 72.8 Å². The second-order valence-electron chi connectivity index (χ2n) is 6.45. The Morgan fingerprint density at radius 3 is 2.06 bits per heavy atom. The monoisotopic (exact) mass is 418 g/mol. The summed E-state index contributed by atoms with van der Waals surface area (Å²) in [6.45, 7) is 0. The average Bonchev–Trinajstić information content (AvgIpc) is 2.82. The fraction of sp³-hybridized carbons (Fsp3) is 0.120. The zero-order chi connectivity index (χ0) is 22.2. The molecular weight excluding hydrogens is 396 g/mol. The smallest absolute Gasteiger partial charge is 0.343 e. The van der Waals surface area contributed by atoms with Crippen molar-refractivity contribution >= 4 is 17.8 Å². The van der Waals surface area contributed by atoms with Gasteiger partial charge in [0, 0.05) is 17.2 Å². The van der Waals surface area contributed by atoms with E-state index in [1.165, 1.54) is 13.2 Å². The van der Waals surface area contributed by atoms with Gasteiger partial charge in [0.1, 0.15) is 23.0 Å². The van der Waals surface area contributed by atoms with Gasteiger partial charge in [-0.3, -0.25) is 4.79 Å². The van der Waals surface area contributed by atoms with Crippen LogP contribution in [0.3, 0.4) is 0 Å². The molecule has 0 aliphatic rings. The molecule has 0 saturated heterocycles. The molecule has 0 atom stereocenters. The van der Waals surface area contributed by atoms with Gasteiger partial charge in [-0.2, -0.15) is 0 Å². The van der Waals surface area contributed by atoms with Crippen LogP contribution in [-0.4, -0.2) is 33.1 Å². The first-order chi connectivity index (χ1) is 15.0. The van der Waals surface area contributed by atoms with Crippen LogP contribution < -0.4 is 18.9 Å². The Morgan fingerprint density at radius 2 is 1.39 bits per heavy atom. The number of carbonyl (C=O) groups is 2. The topological polar surface area (TPSA) is 71.1 Å². The van der Waals surface area contributed by atoms with Gasteiger partial charge in [0.25, 0.3) is 0 Å². The van der Waals surface area contributed by atoms with E-state index in [0.29, 0.717) is 34.1 Å². The van der Waals surface area contributed by atoms with Crippen molar-refractivity contribution in [3.63, 3.8) is 0 Å². The molecule has 0 N–H and O–H groups in total. The molecule has 0 aliphatic carbocycles. The van der Waals surface area contributed by atoms with Gasteiger partial charge in [0.05, 0.1) is 26.9 Å². The predicted octanol–water partition coefficient (Wildman–Crippen LogP) is 4.83. The lowest BCUT2D eigenvalue weighted by atomic mass is 10.1. The maximum absolute atomic E-state index is 12.5. The molecule has 0 radical (unpaired) electrons. The average molecular weight is 418 g/mol. The van der Waals surface area contributed by atoms with Crippen LogP contribution in [-0.2, 0) is 0 Å². The number of carbonyl (C=O) groups excluding carboxylic acids is 2. The number of hydrogen-bond donors (Lipinski definition) is 0. The second-order valence-corrected chi connectivity index (χ2v) is 6.45. The van der Waals surface area contributed by atoms with Crippen molar-refractivity contribution in [2.75, 3.05) is 21.3 Å². The van der Waals surface area contributed by atoms with E-state index in [4.69, 9.17) is 18.9 Å². The van der Waals surface area contributed by atoms with Gasteiger partial charge in [0.15, 0.2) is 5.78 Å². The van der Waals surface area contributed by atoms with Crippen LogP contribution in [0.5, 0.6) is 23.0 Å². The summed E-state index contributed by atoms with van der Waals surface area (Å²) in [6.07, 6.45) is 3.14. The Hall–Kier alpha value is -4.06. The van der Waals surface area contributed by atoms with E-state index in [0.717, 1.165) is 5.56 Å². The van der Waals surface area contributed by atoms with E-state index in [2.05, 4.69) is 0 Å². The van der Waals surface area contributed by atoms with Crippen molar-refractivity contribution in [3.8, 4) is 23.0 Å². The van der Waals surface area contributed by atoms with Crippen LogP contribution in [0.25, 0.3) is 6.08 Å².